The minimum atomic E-state index is -1.89. The second kappa shape index (κ2) is 11.1. The lowest BCUT2D eigenvalue weighted by atomic mass is 10.2. The zero-order chi connectivity index (χ0) is 13.9. The quantitative estimate of drug-likeness (QED) is 0.301. The molecule has 0 aromatic rings. The molecule has 0 radical (unpaired) electrons. The largest absolute Gasteiger partial charge is 0.323 e. The van der Waals surface area contributed by atoms with Gasteiger partial charge in [0.05, 0.1) is 7.14 Å². The van der Waals surface area contributed by atoms with E-state index in [0.717, 1.165) is 18.7 Å². The minimum Gasteiger partial charge on any atom is -0.323 e. The second-order valence-electron chi connectivity index (χ2n) is 5.78. The maximum atomic E-state index is 13.1. The Balaban J connectivity index is 4.12. The summed E-state index contributed by atoms with van der Waals surface area (Å²) in [5.74, 6) is 0. The van der Waals surface area contributed by atoms with Crippen LogP contribution in [-0.2, 0) is 4.57 Å². The van der Waals surface area contributed by atoms with Gasteiger partial charge in [0.1, 0.15) is 0 Å². The summed E-state index contributed by atoms with van der Waals surface area (Å²) >= 11 is 0. The van der Waals surface area contributed by atoms with Gasteiger partial charge in [0.25, 0.3) is 0 Å². The topological polar surface area (TPSA) is 17.1 Å². The Bertz CT molecular complexity index is 209. The zero-order valence-electron chi connectivity index (χ0n) is 13.2. The van der Waals surface area contributed by atoms with Crippen molar-refractivity contribution in [3.63, 3.8) is 0 Å². The summed E-state index contributed by atoms with van der Waals surface area (Å²) in [7, 11) is -1.89. The van der Waals surface area contributed by atoms with Crippen LogP contribution in [0.2, 0.25) is 0 Å². The molecule has 0 heterocycles. The molecular formula is C16H35OP. The van der Waals surface area contributed by atoms with Crippen molar-refractivity contribution in [3.05, 3.63) is 0 Å². The molecule has 0 amide bonds. The van der Waals surface area contributed by atoms with Gasteiger partial charge in [-0.15, -0.1) is 0 Å². The summed E-state index contributed by atoms with van der Waals surface area (Å²) in [5, 5.41) is 0. The summed E-state index contributed by atoms with van der Waals surface area (Å²) in [6, 6.07) is 0. The lowest BCUT2D eigenvalue weighted by Gasteiger charge is -2.24. The molecule has 0 aromatic heterocycles. The van der Waals surface area contributed by atoms with E-state index in [1.54, 1.807) is 0 Å². The molecule has 0 fully saturated rings. The van der Waals surface area contributed by atoms with E-state index in [1.165, 1.54) is 51.4 Å². The van der Waals surface area contributed by atoms with Crippen LogP contribution in [0.1, 0.15) is 85.5 Å². The Morgan fingerprint density at radius 1 is 0.778 bits per heavy atom. The lowest BCUT2D eigenvalue weighted by molar-refractivity contribution is 0.554. The van der Waals surface area contributed by atoms with Crippen LogP contribution in [-0.4, -0.2) is 18.0 Å². The standard InChI is InChI=1S/C16H35OP/c1-5-8-10-12-14-18(17,16(4)7-3)15-13-11-9-6-2/h16H,5-15H2,1-4H3. The molecule has 1 nitrogen and oxygen atoms in total. The van der Waals surface area contributed by atoms with Crippen LogP contribution < -0.4 is 0 Å². The van der Waals surface area contributed by atoms with Gasteiger partial charge in [-0.25, -0.2) is 0 Å². The average molecular weight is 274 g/mol. The number of hydrogen-bond acceptors (Lipinski definition) is 1. The summed E-state index contributed by atoms with van der Waals surface area (Å²) < 4.78 is 13.1. The van der Waals surface area contributed by atoms with E-state index in [2.05, 4.69) is 27.7 Å². The first-order valence-electron chi connectivity index (χ1n) is 8.18. The van der Waals surface area contributed by atoms with Crippen molar-refractivity contribution < 1.29 is 4.57 Å². The Hall–Kier alpha value is 0.230. The molecular weight excluding hydrogens is 239 g/mol. The third kappa shape index (κ3) is 7.62. The van der Waals surface area contributed by atoms with Crippen LogP contribution in [0.4, 0.5) is 0 Å². The molecule has 0 spiro atoms. The first-order valence-corrected chi connectivity index (χ1v) is 10.3. The van der Waals surface area contributed by atoms with Crippen molar-refractivity contribution in [1.82, 2.24) is 0 Å². The van der Waals surface area contributed by atoms with Crippen molar-refractivity contribution in [3.8, 4) is 0 Å². The van der Waals surface area contributed by atoms with Crippen molar-refractivity contribution in [2.45, 2.75) is 91.1 Å². The maximum Gasteiger partial charge on any atom is 0.0903 e. The Labute approximate surface area is 116 Å². The molecule has 1 unspecified atom stereocenters. The van der Waals surface area contributed by atoms with Gasteiger partial charge in [-0.3, -0.25) is 0 Å². The van der Waals surface area contributed by atoms with E-state index in [1.807, 2.05) is 0 Å². The number of rotatable bonds is 12. The van der Waals surface area contributed by atoms with E-state index in [0.29, 0.717) is 5.66 Å². The highest BCUT2D eigenvalue weighted by molar-refractivity contribution is 7.64. The van der Waals surface area contributed by atoms with E-state index in [4.69, 9.17) is 0 Å². The number of hydrogen-bond donors (Lipinski definition) is 0. The fourth-order valence-electron chi connectivity index (χ4n) is 2.50. The van der Waals surface area contributed by atoms with Crippen LogP contribution in [0.25, 0.3) is 0 Å². The molecule has 0 rings (SSSR count). The predicted molar refractivity (Wildman–Crippen MR) is 85.4 cm³/mol. The van der Waals surface area contributed by atoms with Gasteiger partial charge in [0, 0.05) is 18.0 Å². The second-order valence-corrected chi connectivity index (χ2v) is 9.46. The van der Waals surface area contributed by atoms with Gasteiger partial charge in [0.15, 0.2) is 0 Å². The molecule has 2 heteroatoms. The van der Waals surface area contributed by atoms with E-state index in [9.17, 15) is 4.57 Å². The molecule has 0 aliphatic carbocycles. The fraction of sp³-hybridized carbons (Fsp3) is 1.00. The van der Waals surface area contributed by atoms with Crippen LogP contribution in [0.3, 0.4) is 0 Å². The van der Waals surface area contributed by atoms with Gasteiger partial charge in [-0.2, -0.15) is 0 Å². The first kappa shape index (κ1) is 18.2. The van der Waals surface area contributed by atoms with Crippen molar-refractivity contribution in [1.29, 1.82) is 0 Å². The van der Waals surface area contributed by atoms with Crippen LogP contribution in [0.5, 0.6) is 0 Å². The summed E-state index contributed by atoms with van der Waals surface area (Å²) in [6.45, 7) is 8.87. The Kier molecular flexibility index (Phi) is 11.2. The van der Waals surface area contributed by atoms with Gasteiger partial charge in [-0.1, -0.05) is 66.2 Å². The molecule has 0 aliphatic heterocycles. The van der Waals surface area contributed by atoms with Crippen LogP contribution in [0, 0.1) is 0 Å². The predicted octanol–water partition coefficient (Wildman–Crippen LogP) is 6.31. The minimum absolute atomic E-state index is 0.445. The van der Waals surface area contributed by atoms with Gasteiger partial charge < -0.3 is 4.57 Å². The van der Waals surface area contributed by atoms with Crippen molar-refractivity contribution >= 4 is 7.14 Å². The molecule has 18 heavy (non-hydrogen) atoms. The highest BCUT2D eigenvalue weighted by Crippen LogP contribution is 2.53. The number of unbranched alkanes of at least 4 members (excludes halogenated alkanes) is 6. The monoisotopic (exact) mass is 274 g/mol. The van der Waals surface area contributed by atoms with Crippen LogP contribution >= 0.6 is 7.14 Å². The Morgan fingerprint density at radius 3 is 1.56 bits per heavy atom. The third-order valence-electron chi connectivity index (χ3n) is 4.17. The summed E-state index contributed by atoms with van der Waals surface area (Å²) in [4.78, 5) is 0. The van der Waals surface area contributed by atoms with Gasteiger partial charge in [0.2, 0.25) is 0 Å². The van der Waals surface area contributed by atoms with Crippen LogP contribution in [0.15, 0.2) is 0 Å². The summed E-state index contributed by atoms with van der Waals surface area (Å²) in [6.07, 6.45) is 13.1. The molecule has 0 saturated heterocycles. The molecule has 1 atom stereocenters. The van der Waals surface area contributed by atoms with Gasteiger partial charge in [-0.05, 0) is 19.3 Å². The fourth-order valence-corrected chi connectivity index (χ4v) is 5.79. The van der Waals surface area contributed by atoms with Crippen molar-refractivity contribution in [2.24, 2.45) is 0 Å². The average Bonchev–Trinajstić information content (AvgIpc) is 2.39. The maximum absolute atomic E-state index is 13.1. The smallest absolute Gasteiger partial charge is 0.0903 e. The van der Waals surface area contributed by atoms with E-state index >= 15 is 0 Å². The normalized spacial score (nSPS) is 13.8. The van der Waals surface area contributed by atoms with E-state index in [-0.39, 0.29) is 0 Å². The molecule has 0 aliphatic rings. The molecule has 110 valence electrons. The third-order valence-corrected chi connectivity index (χ3v) is 8.29. The molecule has 0 aromatic carbocycles. The van der Waals surface area contributed by atoms with E-state index < -0.39 is 7.14 Å². The summed E-state index contributed by atoms with van der Waals surface area (Å²) in [5.41, 5.74) is 0.445. The SMILES string of the molecule is CCCCCCP(=O)(CCCCCC)C(C)CC. The molecule has 0 bridgehead atoms. The van der Waals surface area contributed by atoms with Crippen molar-refractivity contribution in [2.75, 3.05) is 12.3 Å². The lowest BCUT2D eigenvalue weighted by Crippen LogP contribution is -2.09. The molecule has 0 saturated carbocycles. The Morgan fingerprint density at radius 2 is 1.22 bits per heavy atom. The first-order chi connectivity index (χ1) is 8.60. The highest BCUT2D eigenvalue weighted by Gasteiger charge is 2.26. The van der Waals surface area contributed by atoms with Gasteiger partial charge >= 0.3 is 0 Å². The highest BCUT2D eigenvalue weighted by atomic mass is 31.2. The zero-order valence-corrected chi connectivity index (χ0v) is 14.1. The molecule has 0 N–H and O–H groups in total.